The first-order valence-electron chi connectivity index (χ1n) is 5.04. The summed E-state index contributed by atoms with van der Waals surface area (Å²) in [5, 5.41) is 2.54. The number of halogens is 2. The summed E-state index contributed by atoms with van der Waals surface area (Å²) >= 11 is 13.3. The van der Waals surface area contributed by atoms with Gasteiger partial charge in [-0.1, -0.05) is 35.3 Å². The number of carbonyl (C=O) groups is 1. The lowest BCUT2D eigenvalue weighted by atomic mass is 10.3. The highest BCUT2D eigenvalue weighted by Gasteiger charge is 2.09. The fourth-order valence-corrected chi connectivity index (χ4v) is 2.34. The maximum Gasteiger partial charge on any atom is 0.336 e. The van der Waals surface area contributed by atoms with Gasteiger partial charge in [0.15, 0.2) is 5.75 Å². The number of rotatable bonds is 3. The predicted molar refractivity (Wildman–Crippen MR) is 75.5 cm³/mol. The Morgan fingerprint density at radius 3 is 2.50 bits per heavy atom. The summed E-state index contributed by atoms with van der Waals surface area (Å²) < 4.78 is 5.09. The number of thiophene rings is 1. The number of ether oxygens (including phenoxy) is 1. The number of hydrogen-bond acceptors (Lipinski definition) is 3. The average molecular weight is 299 g/mol. The lowest BCUT2D eigenvalue weighted by molar-refractivity contribution is -0.128. The Kier molecular flexibility index (Phi) is 4.42. The van der Waals surface area contributed by atoms with Crippen LogP contribution >= 0.6 is 34.5 Å². The molecule has 0 saturated carbocycles. The Morgan fingerprint density at radius 2 is 1.89 bits per heavy atom. The van der Waals surface area contributed by atoms with E-state index in [1.807, 2.05) is 17.5 Å². The molecule has 0 aliphatic heterocycles. The first kappa shape index (κ1) is 13.1. The maximum atomic E-state index is 11.6. The van der Waals surface area contributed by atoms with E-state index in [2.05, 4.69) is 0 Å². The third-order valence-electron chi connectivity index (χ3n) is 2.05. The quantitative estimate of drug-likeness (QED) is 0.467. The molecule has 0 aliphatic rings. The Balaban J connectivity index is 2.08. The van der Waals surface area contributed by atoms with Crippen molar-refractivity contribution in [2.75, 3.05) is 0 Å². The topological polar surface area (TPSA) is 26.3 Å². The zero-order chi connectivity index (χ0) is 13.0. The second kappa shape index (κ2) is 6.05. The average Bonchev–Trinajstić information content (AvgIpc) is 2.84. The van der Waals surface area contributed by atoms with Gasteiger partial charge in [0.05, 0.1) is 10.0 Å². The molecule has 0 unspecified atom stereocenters. The van der Waals surface area contributed by atoms with E-state index in [1.165, 1.54) is 17.4 Å². The molecule has 5 heteroatoms. The van der Waals surface area contributed by atoms with E-state index in [0.29, 0.717) is 10.0 Å². The van der Waals surface area contributed by atoms with Crippen molar-refractivity contribution in [2.45, 2.75) is 0 Å². The molecular formula is C13H8Cl2O2S. The normalized spacial score (nSPS) is 10.8. The van der Waals surface area contributed by atoms with Gasteiger partial charge in [-0.05, 0) is 29.7 Å². The lowest BCUT2D eigenvalue weighted by Crippen LogP contribution is -2.04. The van der Waals surface area contributed by atoms with Crippen LogP contribution in [0.15, 0.2) is 41.8 Å². The molecule has 0 aliphatic carbocycles. The first-order valence-corrected chi connectivity index (χ1v) is 6.68. The van der Waals surface area contributed by atoms with Gasteiger partial charge in [0.2, 0.25) is 0 Å². The monoisotopic (exact) mass is 298 g/mol. The van der Waals surface area contributed by atoms with Crippen molar-refractivity contribution in [2.24, 2.45) is 0 Å². The molecule has 0 fully saturated rings. The third kappa shape index (κ3) is 3.35. The molecule has 0 spiro atoms. The van der Waals surface area contributed by atoms with Gasteiger partial charge in [0.1, 0.15) is 0 Å². The standard InChI is InChI=1S/C13H8Cl2O2S/c14-10-4-1-5-11(15)13(10)17-12(16)7-6-9-3-2-8-18-9/h1-8H/b7-6+. The van der Waals surface area contributed by atoms with Gasteiger partial charge in [0, 0.05) is 11.0 Å². The molecule has 0 saturated heterocycles. The highest BCUT2D eigenvalue weighted by Crippen LogP contribution is 2.32. The summed E-state index contributed by atoms with van der Waals surface area (Å²) in [6, 6.07) is 8.71. The Labute approximate surface area is 118 Å². The van der Waals surface area contributed by atoms with Gasteiger partial charge in [-0.15, -0.1) is 11.3 Å². The molecular weight excluding hydrogens is 291 g/mol. The molecule has 1 heterocycles. The molecule has 0 bridgehead atoms. The number of para-hydroxylation sites is 1. The van der Waals surface area contributed by atoms with Crippen LogP contribution < -0.4 is 4.74 Å². The summed E-state index contributed by atoms with van der Waals surface area (Å²) in [5.41, 5.74) is 0. The number of benzene rings is 1. The van der Waals surface area contributed by atoms with E-state index in [1.54, 1.807) is 24.3 Å². The van der Waals surface area contributed by atoms with E-state index in [-0.39, 0.29) is 5.75 Å². The Morgan fingerprint density at radius 1 is 1.17 bits per heavy atom. The van der Waals surface area contributed by atoms with Crippen LogP contribution in [0.5, 0.6) is 5.75 Å². The van der Waals surface area contributed by atoms with E-state index < -0.39 is 5.97 Å². The van der Waals surface area contributed by atoms with Crippen molar-refractivity contribution < 1.29 is 9.53 Å². The minimum atomic E-state index is -0.515. The Bertz CT molecular complexity index is 556. The van der Waals surface area contributed by atoms with Crippen LogP contribution in [0, 0.1) is 0 Å². The molecule has 0 amide bonds. The molecule has 0 N–H and O–H groups in total. The van der Waals surface area contributed by atoms with Crippen molar-refractivity contribution >= 4 is 46.6 Å². The lowest BCUT2D eigenvalue weighted by Gasteiger charge is -2.05. The van der Waals surface area contributed by atoms with Crippen molar-refractivity contribution in [1.82, 2.24) is 0 Å². The summed E-state index contributed by atoms with van der Waals surface area (Å²) in [4.78, 5) is 12.6. The van der Waals surface area contributed by atoms with Crippen LogP contribution in [-0.2, 0) is 4.79 Å². The summed E-state index contributed by atoms with van der Waals surface area (Å²) in [7, 11) is 0. The summed E-state index contributed by atoms with van der Waals surface area (Å²) in [5.74, 6) is -0.333. The minimum Gasteiger partial charge on any atom is -0.420 e. The SMILES string of the molecule is O=C(/C=C/c1cccs1)Oc1c(Cl)cccc1Cl. The molecule has 2 rings (SSSR count). The number of hydrogen-bond donors (Lipinski definition) is 0. The van der Waals surface area contributed by atoms with Crippen molar-refractivity contribution in [3.8, 4) is 5.75 Å². The third-order valence-corrected chi connectivity index (χ3v) is 3.48. The summed E-state index contributed by atoms with van der Waals surface area (Å²) in [6.07, 6.45) is 3.02. The zero-order valence-electron chi connectivity index (χ0n) is 9.10. The number of esters is 1. The van der Waals surface area contributed by atoms with Crippen LogP contribution in [0.2, 0.25) is 10.0 Å². The zero-order valence-corrected chi connectivity index (χ0v) is 11.4. The van der Waals surface area contributed by atoms with Crippen LogP contribution in [-0.4, -0.2) is 5.97 Å². The van der Waals surface area contributed by atoms with Gasteiger partial charge >= 0.3 is 5.97 Å². The van der Waals surface area contributed by atoms with Crippen molar-refractivity contribution in [3.63, 3.8) is 0 Å². The molecule has 1 aromatic carbocycles. The van der Waals surface area contributed by atoms with E-state index >= 15 is 0 Å². The van der Waals surface area contributed by atoms with Crippen LogP contribution in [0.25, 0.3) is 6.08 Å². The van der Waals surface area contributed by atoms with Gasteiger partial charge in [-0.2, -0.15) is 0 Å². The Hall–Kier alpha value is -1.29. The molecule has 18 heavy (non-hydrogen) atoms. The van der Waals surface area contributed by atoms with Crippen LogP contribution in [0.4, 0.5) is 0 Å². The minimum absolute atomic E-state index is 0.182. The smallest absolute Gasteiger partial charge is 0.336 e. The van der Waals surface area contributed by atoms with E-state index in [0.717, 1.165) is 4.88 Å². The van der Waals surface area contributed by atoms with Gasteiger partial charge in [0.25, 0.3) is 0 Å². The van der Waals surface area contributed by atoms with E-state index in [4.69, 9.17) is 27.9 Å². The largest absolute Gasteiger partial charge is 0.420 e. The number of carbonyl (C=O) groups excluding carboxylic acids is 1. The molecule has 0 radical (unpaired) electrons. The van der Waals surface area contributed by atoms with Gasteiger partial charge in [-0.3, -0.25) is 0 Å². The second-order valence-corrected chi connectivity index (χ2v) is 5.11. The molecule has 0 atom stereocenters. The maximum absolute atomic E-state index is 11.6. The highest BCUT2D eigenvalue weighted by molar-refractivity contribution is 7.10. The van der Waals surface area contributed by atoms with Gasteiger partial charge < -0.3 is 4.74 Å². The molecule has 2 nitrogen and oxygen atoms in total. The van der Waals surface area contributed by atoms with Crippen molar-refractivity contribution in [1.29, 1.82) is 0 Å². The first-order chi connectivity index (χ1) is 8.66. The molecule has 2 aromatic rings. The van der Waals surface area contributed by atoms with Crippen molar-refractivity contribution in [3.05, 3.63) is 56.7 Å². The molecule has 1 aromatic heterocycles. The van der Waals surface area contributed by atoms with Crippen LogP contribution in [0.3, 0.4) is 0 Å². The molecule has 92 valence electrons. The summed E-state index contributed by atoms with van der Waals surface area (Å²) in [6.45, 7) is 0. The predicted octanol–water partition coefficient (Wildman–Crippen LogP) is 4.67. The van der Waals surface area contributed by atoms with E-state index in [9.17, 15) is 4.79 Å². The fraction of sp³-hybridized carbons (Fsp3) is 0. The fourth-order valence-electron chi connectivity index (χ4n) is 1.25. The highest BCUT2D eigenvalue weighted by atomic mass is 35.5. The van der Waals surface area contributed by atoms with Crippen LogP contribution in [0.1, 0.15) is 4.88 Å². The second-order valence-electron chi connectivity index (χ2n) is 3.32. The van der Waals surface area contributed by atoms with Gasteiger partial charge in [-0.25, -0.2) is 4.79 Å².